The van der Waals surface area contributed by atoms with Crippen molar-refractivity contribution in [2.75, 3.05) is 17.7 Å². The Morgan fingerprint density at radius 2 is 2.09 bits per heavy atom. The number of imide groups is 1. The van der Waals surface area contributed by atoms with Crippen LogP contribution in [0.1, 0.15) is 36.9 Å². The highest BCUT2D eigenvalue weighted by molar-refractivity contribution is 6.14. The third-order valence-corrected chi connectivity index (χ3v) is 5.27. The molecule has 0 radical (unpaired) electrons. The Hall–Kier alpha value is -4.15. The van der Waals surface area contributed by atoms with E-state index in [9.17, 15) is 9.59 Å². The number of carbonyl (C=O) groups excluding carboxylic acids is 2. The number of aromatic nitrogens is 4. The first-order chi connectivity index (χ1) is 15.5. The normalized spacial score (nSPS) is 17.9. The molecule has 2 aliphatic rings. The van der Waals surface area contributed by atoms with E-state index in [0.717, 1.165) is 24.2 Å². The number of fused-ring (bicyclic) bond motifs is 1. The van der Waals surface area contributed by atoms with E-state index in [1.165, 1.54) is 0 Å². The minimum atomic E-state index is -0.557. The summed E-state index contributed by atoms with van der Waals surface area (Å²) in [6, 6.07) is 7.47. The lowest BCUT2D eigenvalue weighted by Gasteiger charge is -2.16. The predicted octanol–water partition coefficient (Wildman–Crippen LogP) is 2.06. The standard InChI is InChI=1S/C21H22N8O3/c1-11(12-4-3-5-15(8-12)32-2)23-19-26-17-13(9-16-18(30)27-21(31)25-16)10-22-29(17)20(28-19)24-14-6-7-14/h3-5,8-11,14H,6-7H2,1-2H3,(H2,23,24,26,28)(H2,25,27,30,31)/b16-9-/t11-/m1/s1. The van der Waals surface area contributed by atoms with Crippen molar-refractivity contribution in [3.8, 4) is 5.75 Å². The van der Waals surface area contributed by atoms with Crippen molar-refractivity contribution in [1.82, 2.24) is 30.2 Å². The number of hydrogen-bond acceptors (Lipinski definition) is 8. The summed E-state index contributed by atoms with van der Waals surface area (Å²) >= 11 is 0. The van der Waals surface area contributed by atoms with Crippen LogP contribution in [0.2, 0.25) is 0 Å². The number of nitrogens with one attached hydrogen (secondary N) is 4. The Kier molecular flexibility index (Phi) is 4.85. The summed E-state index contributed by atoms with van der Waals surface area (Å²) in [4.78, 5) is 32.6. The number of carbonyl (C=O) groups is 2. The molecule has 4 N–H and O–H groups in total. The molecule has 3 aromatic rings. The molecule has 1 saturated heterocycles. The van der Waals surface area contributed by atoms with Crippen LogP contribution in [-0.4, -0.2) is 44.7 Å². The molecule has 11 heteroatoms. The lowest BCUT2D eigenvalue weighted by molar-refractivity contribution is -0.115. The second kappa shape index (κ2) is 7.84. The van der Waals surface area contributed by atoms with E-state index < -0.39 is 11.9 Å². The van der Waals surface area contributed by atoms with Crippen LogP contribution < -0.4 is 26.0 Å². The number of amides is 3. The number of hydrogen-bond donors (Lipinski definition) is 4. The molecular weight excluding hydrogens is 412 g/mol. The van der Waals surface area contributed by atoms with Gasteiger partial charge in [-0.2, -0.15) is 19.6 Å². The van der Waals surface area contributed by atoms with Crippen LogP contribution in [0.4, 0.5) is 16.7 Å². The number of anilines is 2. The second-order valence-corrected chi connectivity index (χ2v) is 7.73. The van der Waals surface area contributed by atoms with Crippen LogP contribution >= 0.6 is 0 Å². The van der Waals surface area contributed by atoms with Crippen molar-refractivity contribution < 1.29 is 14.3 Å². The number of ether oxygens (including phenoxy) is 1. The van der Waals surface area contributed by atoms with Crippen molar-refractivity contribution in [2.45, 2.75) is 31.8 Å². The van der Waals surface area contributed by atoms with E-state index in [2.05, 4.69) is 36.3 Å². The van der Waals surface area contributed by atoms with E-state index in [1.807, 2.05) is 31.2 Å². The summed E-state index contributed by atoms with van der Waals surface area (Å²) in [5, 5.41) is 15.8. The molecule has 1 atom stereocenters. The molecule has 164 valence electrons. The van der Waals surface area contributed by atoms with Gasteiger partial charge in [-0.05, 0) is 43.5 Å². The van der Waals surface area contributed by atoms with E-state index in [1.54, 1.807) is 23.9 Å². The molecule has 11 nitrogen and oxygen atoms in total. The molecule has 5 rings (SSSR count). The Balaban J connectivity index is 1.51. The fourth-order valence-electron chi connectivity index (χ4n) is 3.39. The van der Waals surface area contributed by atoms with Crippen LogP contribution in [0.5, 0.6) is 5.75 Å². The molecule has 0 bridgehead atoms. The van der Waals surface area contributed by atoms with Gasteiger partial charge in [0.25, 0.3) is 5.91 Å². The first-order valence-corrected chi connectivity index (χ1v) is 10.3. The fraction of sp³-hybridized carbons (Fsp3) is 0.286. The molecule has 0 unspecified atom stereocenters. The van der Waals surface area contributed by atoms with Crippen LogP contribution in [0.15, 0.2) is 36.2 Å². The third-order valence-electron chi connectivity index (χ3n) is 5.27. The quantitative estimate of drug-likeness (QED) is 0.328. The van der Waals surface area contributed by atoms with E-state index in [-0.39, 0.29) is 11.7 Å². The molecule has 2 aromatic heterocycles. The molecule has 1 aliphatic carbocycles. The van der Waals surface area contributed by atoms with E-state index in [4.69, 9.17) is 4.74 Å². The number of nitrogens with zero attached hydrogens (tertiary/aromatic N) is 4. The second-order valence-electron chi connectivity index (χ2n) is 7.73. The molecule has 32 heavy (non-hydrogen) atoms. The zero-order valence-corrected chi connectivity index (χ0v) is 17.5. The lowest BCUT2D eigenvalue weighted by atomic mass is 10.1. The Labute approximate surface area is 183 Å². The van der Waals surface area contributed by atoms with Crippen LogP contribution in [0.3, 0.4) is 0 Å². The van der Waals surface area contributed by atoms with Gasteiger partial charge < -0.3 is 20.7 Å². The lowest BCUT2D eigenvalue weighted by Crippen LogP contribution is -2.22. The minimum Gasteiger partial charge on any atom is -0.497 e. The summed E-state index contributed by atoms with van der Waals surface area (Å²) in [6.07, 6.45) is 5.27. The van der Waals surface area contributed by atoms with Gasteiger partial charge in [0.1, 0.15) is 11.4 Å². The first kappa shape index (κ1) is 19.8. The SMILES string of the molecule is COc1cccc([C@@H](C)Nc2nc(NC3CC3)n3ncc(/C=C4\NC(=O)NC4=O)c3n2)c1. The van der Waals surface area contributed by atoms with Crippen molar-refractivity contribution in [3.05, 3.63) is 47.3 Å². The minimum absolute atomic E-state index is 0.0917. The zero-order chi connectivity index (χ0) is 22.2. The summed E-state index contributed by atoms with van der Waals surface area (Å²) in [5.41, 5.74) is 2.24. The predicted molar refractivity (Wildman–Crippen MR) is 117 cm³/mol. The molecule has 2 fully saturated rings. The molecule has 1 saturated carbocycles. The van der Waals surface area contributed by atoms with Gasteiger partial charge in [-0.1, -0.05) is 12.1 Å². The van der Waals surface area contributed by atoms with Crippen molar-refractivity contribution in [3.63, 3.8) is 0 Å². The van der Waals surface area contributed by atoms with Gasteiger partial charge in [0.05, 0.1) is 19.3 Å². The van der Waals surface area contributed by atoms with E-state index >= 15 is 0 Å². The summed E-state index contributed by atoms with van der Waals surface area (Å²) in [7, 11) is 1.63. The Morgan fingerprint density at radius 3 is 2.81 bits per heavy atom. The van der Waals surface area contributed by atoms with Crippen molar-refractivity contribution >= 4 is 35.6 Å². The van der Waals surface area contributed by atoms with Gasteiger partial charge >= 0.3 is 6.03 Å². The van der Waals surface area contributed by atoms with Crippen LogP contribution in [0.25, 0.3) is 11.7 Å². The number of benzene rings is 1. The fourth-order valence-corrected chi connectivity index (χ4v) is 3.39. The van der Waals surface area contributed by atoms with Gasteiger partial charge in [-0.3, -0.25) is 10.1 Å². The maximum Gasteiger partial charge on any atom is 0.326 e. The largest absolute Gasteiger partial charge is 0.497 e. The Morgan fingerprint density at radius 1 is 1.25 bits per heavy atom. The van der Waals surface area contributed by atoms with Gasteiger partial charge in [0.2, 0.25) is 11.9 Å². The molecule has 0 spiro atoms. The molecule has 1 aliphatic heterocycles. The van der Waals surface area contributed by atoms with Gasteiger partial charge in [0, 0.05) is 11.6 Å². The van der Waals surface area contributed by atoms with Crippen LogP contribution in [-0.2, 0) is 4.79 Å². The van der Waals surface area contributed by atoms with Gasteiger partial charge in [-0.25, -0.2) is 4.79 Å². The summed E-state index contributed by atoms with van der Waals surface area (Å²) in [6.45, 7) is 2.01. The summed E-state index contributed by atoms with van der Waals surface area (Å²) < 4.78 is 6.92. The monoisotopic (exact) mass is 434 g/mol. The van der Waals surface area contributed by atoms with Crippen LogP contribution in [0, 0.1) is 0 Å². The average molecular weight is 434 g/mol. The number of methoxy groups -OCH3 is 1. The average Bonchev–Trinajstić information content (AvgIpc) is 3.42. The van der Waals surface area contributed by atoms with Crippen molar-refractivity contribution in [2.24, 2.45) is 0 Å². The van der Waals surface area contributed by atoms with Crippen molar-refractivity contribution in [1.29, 1.82) is 0 Å². The zero-order valence-electron chi connectivity index (χ0n) is 17.5. The topological polar surface area (TPSA) is 135 Å². The highest BCUT2D eigenvalue weighted by Gasteiger charge is 2.26. The maximum atomic E-state index is 11.9. The van der Waals surface area contributed by atoms with Gasteiger partial charge in [-0.15, -0.1) is 0 Å². The molecule has 3 amide bonds. The van der Waals surface area contributed by atoms with Gasteiger partial charge in [0.15, 0.2) is 5.65 Å². The molecular formula is C21H22N8O3. The third kappa shape index (κ3) is 3.92. The first-order valence-electron chi connectivity index (χ1n) is 10.3. The smallest absolute Gasteiger partial charge is 0.326 e. The Bertz CT molecular complexity index is 1250. The van der Waals surface area contributed by atoms with E-state index in [0.29, 0.717) is 29.1 Å². The highest BCUT2D eigenvalue weighted by atomic mass is 16.5. The molecule has 3 heterocycles. The maximum absolute atomic E-state index is 11.9. The number of urea groups is 1. The molecule has 1 aromatic carbocycles. The highest BCUT2D eigenvalue weighted by Crippen LogP contribution is 2.27. The summed E-state index contributed by atoms with van der Waals surface area (Å²) in [5.74, 6) is 1.24. The number of rotatable bonds is 7.